The van der Waals surface area contributed by atoms with E-state index in [1.807, 2.05) is 36.4 Å². The number of H-pyrrole nitrogens is 1. The van der Waals surface area contributed by atoms with Gasteiger partial charge in [0.2, 0.25) is 0 Å². The fourth-order valence-corrected chi connectivity index (χ4v) is 4.95. The van der Waals surface area contributed by atoms with Crippen LogP contribution in [0, 0.1) is 0 Å². The first-order valence-corrected chi connectivity index (χ1v) is 12.2. The molecule has 1 aliphatic carbocycles. The maximum Gasteiger partial charge on any atom is 0.410 e. The number of aromatic nitrogens is 4. The van der Waals surface area contributed by atoms with Crippen LogP contribution in [-0.4, -0.2) is 63.2 Å². The summed E-state index contributed by atoms with van der Waals surface area (Å²) in [4.78, 5) is 32.9. The van der Waals surface area contributed by atoms with Crippen molar-refractivity contribution < 1.29 is 14.3 Å². The van der Waals surface area contributed by atoms with Crippen LogP contribution in [0.3, 0.4) is 0 Å². The van der Waals surface area contributed by atoms with E-state index in [0.717, 1.165) is 53.9 Å². The predicted molar refractivity (Wildman–Crippen MR) is 133 cm³/mol. The summed E-state index contributed by atoms with van der Waals surface area (Å²) in [5.41, 5.74) is 10.8. The fraction of sp³-hybridized carbons (Fsp3) is 0.333. The van der Waals surface area contributed by atoms with Gasteiger partial charge in [-0.2, -0.15) is 0 Å². The van der Waals surface area contributed by atoms with E-state index >= 15 is 0 Å². The van der Waals surface area contributed by atoms with E-state index in [4.69, 9.17) is 9.47 Å². The molecule has 1 aromatic carbocycles. The van der Waals surface area contributed by atoms with Crippen molar-refractivity contribution in [3.05, 3.63) is 83.0 Å². The quantitative estimate of drug-likeness (QED) is 0.533. The van der Waals surface area contributed by atoms with E-state index in [1.54, 1.807) is 17.6 Å². The molecule has 182 valence electrons. The van der Waals surface area contributed by atoms with Gasteiger partial charge in [0.05, 0.1) is 18.9 Å². The number of ether oxygens (including phenoxy) is 2. The van der Waals surface area contributed by atoms with Crippen molar-refractivity contribution >= 4 is 23.1 Å². The van der Waals surface area contributed by atoms with Gasteiger partial charge in [-0.15, -0.1) is 0 Å². The summed E-state index contributed by atoms with van der Waals surface area (Å²) in [5, 5.41) is 0. The minimum atomic E-state index is -0.322. The van der Waals surface area contributed by atoms with Crippen molar-refractivity contribution in [1.29, 1.82) is 0 Å². The number of fused-ring (bicyclic) bond motifs is 1. The van der Waals surface area contributed by atoms with Crippen LogP contribution in [0.1, 0.15) is 24.8 Å². The highest BCUT2D eigenvalue weighted by Crippen LogP contribution is 2.31. The lowest BCUT2D eigenvalue weighted by Gasteiger charge is -2.31. The first-order chi connectivity index (χ1) is 17.8. The van der Waals surface area contributed by atoms with E-state index in [9.17, 15) is 4.79 Å². The Kier molecular flexibility index (Phi) is 6.00. The van der Waals surface area contributed by atoms with E-state index < -0.39 is 0 Å². The highest BCUT2D eigenvalue weighted by atomic mass is 16.6. The number of hydrogen-bond donors (Lipinski definition) is 1. The molecule has 1 amide bonds. The monoisotopic (exact) mass is 482 g/mol. The highest BCUT2D eigenvalue weighted by molar-refractivity contribution is 5.83. The standard InChI is InChI=1S/C27H26N6O3/c34-27(36-15-19-6-2-1-3-7-19)32-13-11-20-8-4-10-23(22(20)14-32)35-16-21-9-5-12-33(21)26-24-25(29-17-28-24)30-18-31-26/h1-3,6-8,17-18,21H,5,9,11-16H2,(H,28,29,30,31)/t21-/m1/s1. The summed E-state index contributed by atoms with van der Waals surface area (Å²) >= 11 is 0. The van der Waals surface area contributed by atoms with E-state index in [0.29, 0.717) is 31.1 Å². The summed E-state index contributed by atoms with van der Waals surface area (Å²) in [7, 11) is 0. The summed E-state index contributed by atoms with van der Waals surface area (Å²) in [6.07, 6.45) is 7.59. The average Bonchev–Trinajstić information content (AvgIpc) is 3.60. The zero-order valence-electron chi connectivity index (χ0n) is 19.8. The van der Waals surface area contributed by atoms with Gasteiger partial charge in [-0.05, 0) is 42.2 Å². The van der Waals surface area contributed by atoms with Gasteiger partial charge in [0, 0.05) is 18.7 Å². The highest BCUT2D eigenvalue weighted by Gasteiger charge is 2.31. The number of amides is 1. The lowest BCUT2D eigenvalue weighted by Crippen LogP contribution is -2.38. The third kappa shape index (κ3) is 4.38. The molecule has 0 spiro atoms. The molecule has 0 bridgehead atoms. The number of benzene rings is 1. The third-order valence-electron chi connectivity index (χ3n) is 6.83. The van der Waals surface area contributed by atoms with Crippen molar-refractivity contribution in [2.75, 3.05) is 31.1 Å². The number of imidazole rings is 1. The van der Waals surface area contributed by atoms with Crippen molar-refractivity contribution in [2.45, 2.75) is 31.9 Å². The normalized spacial score (nSPS) is 19.0. The van der Waals surface area contributed by atoms with Gasteiger partial charge >= 0.3 is 6.09 Å². The van der Waals surface area contributed by atoms with Crippen LogP contribution < -0.4 is 4.90 Å². The van der Waals surface area contributed by atoms with Gasteiger partial charge in [-0.1, -0.05) is 36.1 Å². The van der Waals surface area contributed by atoms with Gasteiger partial charge in [0.25, 0.3) is 0 Å². The minimum absolute atomic E-state index is 0.159. The number of carbonyl (C=O) groups excluding carboxylic acids is 1. The second-order valence-electron chi connectivity index (χ2n) is 9.06. The zero-order valence-corrected chi connectivity index (χ0v) is 19.8. The molecule has 2 aromatic heterocycles. The van der Waals surface area contributed by atoms with Crippen LogP contribution in [0.4, 0.5) is 10.6 Å². The fourth-order valence-electron chi connectivity index (χ4n) is 4.95. The Morgan fingerprint density at radius 2 is 2.08 bits per heavy atom. The Hall–Kier alpha value is -4.32. The Balaban J connectivity index is 1.11. The van der Waals surface area contributed by atoms with Gasteiger partial charge in [-0.3, -0.25) is 0 Å². The van der Waals surface area contributed by atoms with Crippen LogP contribution in [0.2, 0.25) is 0 Å². The van der Waals surface area contributed by atoms with Crippen LogP contribution >= 0.6 is 0 Å². The van der Waals surface area contributed by atoms with E-state index in [-0.39, 0.29) is 18.7 Å². The number of nitrogens with zero attached hydrogens (tertiary/aromatic N) is 5. The lowest BCUT2D eigenvalue weighted by molar-refractivity contribution is 0.0967. The maximum atomic E-state index is 12.8. The molecule has 1 saturated heterocycles. The zero-order chi connectivity index (χ0) is 24.3. The Morgan fingerprint density at radius 3 is 3.00 bits per heavy atom. The molecule has 1 N–H and O–H groups in total. The number of allylic oxidation sites excluding steroid dienone is 1. The number of aromatic amines is 1. The summed E-state index contributed by atoms with van der Waals surface area (Å²) < 4.78 is 11.9. The third-order valence-corrected chi connectivity index (χ3v) is 6.83. The molecule has 0 saturated carbocycles. The number of rotatable bonds is 6. The molecule has 9 heteroatoms. The summed E-state index contributed by atoms with van der Waals surface area (Å²) in [6, 6.07) is 9.86. The van der Waals surface area contributed by atoms with E-state index in [2.05, 4.69) is 36.3 Å². The van der Waals surface area contributed by atoms with Gasteiger partial charge in [0.1, 0.15) is 25.1 Å². The molecule has 1 fully saturated rings. The molecule has 4 heterocycles. The number of anilines is 1. The van der Waals surface area contributed by atoms with Gasteiger partial charge in [0.15, 0.2) is 17.2 Å². The lowest BCUT2D eigenvalue weighted by atomic mass is 9.97. The van der Waals surface area contributed by atoms with Crippen LogP contribution in [0.15, 0.2) is 77.4 Å². The van der Waals surface area contributed by atoms with Crippen LogP contribution in [-0.2, 0) is 16.1 Å². The van der Waals surface area contributed by atoms with Crippen molar-refractivity contribution in [1.82, 2.24) is 24.8 Å². The van der Waals surface area contributed by atoms with Crippen molar-refractivity contribution in [3.63, 3.8) is 0 Å². The molecule has 0 unspecified atom stereocenters. The molecule has 0 radical (unpaired) electrons. The Morgan fingerprint density at radius 1 is 1.17 bits per heavy atom. The Bertz CT molecular complexity index is 1420. The molecule has 1 atom stereocenters. The van der Waals surface area contributed by atoms with Crippen molar-refractivity contribution in [2.24, 2.45) is 0 Å². The number of nitrogens with one attached hydrogen (secondary N) is 1. The molecular weight excluding hydrogens is 456 g/mol. The molecule has 36 heavy (non-hydrogen) atoms. The maximum absolute atomic E-state index is 12.8. The molecule has 2 aliphatic heterocycles. The molecule has 6 rings (SSSR count). The molecule has 3 aromatic rings. The first kappa shape index (κ1) is 22.2. The predicted octanol–water partition coefficient (Wildman–Crippen LogP) is 3.89. The SMILES string of the molecule is O=C(OCc1ccccc1)N1CCC2=C(C1)C(OC[C@H]1CCCN1c1ncnc3nc[nH]c13)=C=C=C2. The number of hydrogen-bond acceptors (Lipinski definition) is 7. The van der Waals surface area contributed by atoms with Crippen LogP contribution in [0.5, 0.6) is 0 Å². The average molecular weight is 483 g/mol. The van der Waals surface area contributed by atoms with Crippen molar-refractivity contribution in [3.8, 4) is 0 Å². The van der Waals surface area contributed by atoms with Gasteiger partial charge in [-0.25, -0.2) is 19.7 Å². The molecular formula is C27H26N6O3. The Labute approximate surface area is 208 Å². The van der Waals surface area contributed by atoms with Crippen LogP contribution in [0.25, 0.3) is 11.2 Å². The molecule has 3 aliphatic rings. The summed E-state index contributed by atoms with van der Waals surface area (Å²) in [6.45, 7) is 2.66. The minimum Gasteiger partial charge on any atom is -0.483 e. The largest absolute Gasteiger partial charge is 0.483 e. The van der Waals surface area contributed by atoms with Gasteiger partial charge < -0.3 is 24.3 Å². The molecule has 9 nitrogen and oxygen atoms in total. The summed E-state index contributed by atoms with van der Waals surface area (Å²) in [5.74, 6) is 1.50. The van der Waals surface area contributed by atoms with E-state index in [1.165, 1.54) is 0 Å². The topological polar surface area (TPSA) is 96.5 Å². The first-order valence-electron chi connectivity index (χ1n) is 12.2. The second kappa shape index (κ2) is 9.74. The second-order valence-corrected chi connectivity index (χ2v) is 9.06. The number of carbonyl (C=O) groups is 1. The smallest absolute Gasteiger partial charge is 0.410 e.